The van der Waals surface area contributed by atoms with Crippen LogP contribution in [-0.4, -0.2) is 60.4 Å². The van der Waals surface area contributed by atoms with Crippen molar-refractivity contribution in [3.63, 3.8) is 0 Å². The van der Waals surface area contributed by atoms with Crippen molar-refractivity contribution in [1.29, 1.82) is 0 Å². The molecule has 0 spiro atoms. The zero-order chi connectivity index (χ0) is 25.9. The van der Waals surface area contributed by atoms with Gasteiger partial charge in [0, 0.05) is 6.54 Å². The first-order valence-electron chi connectivity index (χ1n) is 12.8. The Labute approximate surface area is 214 Å². The number of hydrogen-bond donors (Lipinski definition) is 1. The van der Waals surface area contributed by atoms with Crippen molar-refractivity contribution < 1.29 is 19.4 Å². The number of nitrogens with zero attached hydrogens (tertiary/aromatic N) is 2. The molecule has 1 amide bonds. The number of aliphatic hydroxyl groups is 1. The lowest BCUT2D eigenvalue weighted by Crippen LogP contribution is -2.33. The molecule has 0 aromatic heterocycles. The third-order valence-corrected chi connectivity index (χ3v) is 6.26. The summed E-state index contributed by atoms with van der Waals surface area (Å²) in [6.07, 6.45) is 8.40. The number of unbranched alkanes of at least 4 members (excludes halogenated alkanes) is 3. The Bertz CT molecular complexity index is 1060. The number of aliphatic hydroxyl groups excluding tert-OH is 1. The van der Waals surface area contributed by atoms with Gasteiger partial charge in [-0.15, -0.1) is 0 Å². The molecule has 1 N–H and O–H groups in total. The van der Waals surface area contributed by atoms with Gasteiger partial charge < -0.3 is 19.6 Å². The zero-order valence-electron chi connectivity index (χ0n) is 21.7. The fourth-order valence-corrected chi connectivity index (χ4v) is 4.33. The van der Waals surface area contributed by atoms with E-state index in [1.54, 1.807) is 11.0 Å². The highest BCUT2D eigenvalue weighted by molar-refractivity contribution is 6.14. The summed E-state index contributed by atoms with van der Waals surface area (Å²) in [4.78, 5) is 30.0. The summed E-state index contributed by atoms with van der Waals surface area (Å²) in [5, 5.41) is 10.8. The van der Waals surface area contributed by atoms with Crippen LogP contribution in [0.1, 0.15) is 56.2 Å². The van der Waals surface area contributed by atoms with Crippen LogP contribution in [0.5, 0.6) is 5.75 Å². The molecule has 1 aliphatic rings. The van der Waals surface area contributed by atoms with E-state index in [-0.39, 0.29) is 11.4 Å². The smallest absolute Gasteiger partial charge is 0.290 e. The van der Waals surface area contributed by atoms with Gasteiger partial charge in [0.25, 0.3) is 5.91 Å². The molecule has 0 saturated heterocycles. The minimum absolute atomic E-state index is 0.116. The molecule has 1 unspecified atom stereocenters. The van der Waals surface area contributed by atoms with Crippen molar-refractivity contribution in [3.05, 3.63) is 83.1 Å². The quantitative estimate of drug-likeness (QED) is 0.277. The van der Waals surface area contributed by atoms with Crippen molar-refractivity contribution >= 4 is 17.8 Å². The highest BCUT2D eigenvalue weighted by Gasteiger charge is 2.42. The maximum Gasteiger partial charge on any atom is 0.290 e. The van der Waals surface area contributed by atoms with E-state index in [0.29, 0.717) is 13.2 Å². The molecule has 3 rings (SSSR count). The van der Waals surface area contributed by atoms with Gasteiger partial charge in [-0.25, -0.2) is 0 Å². The lowest BCUT2D eigenvalue weighted by molar-refractivity contribution is -0.129. The lowest BCUT2D eigenvalue weighted by atomic mass is 9.95. The van der Waals surface area contributed by atoms with Crippen molar-refractivity contribution in [1.82, 2.24) is 9.80 Å². The first-order valence-corrected chi connectivity index (χ1v) is 12.8. The minimum Gasteiger partial charge on any atom is -0.503 e. The second-order valence-electron chi connectivity index (χ2n) is 9.41. The van der Waals surface area contributed by atoms with E-state index in [1.165, 1.54) is 18.9 Å². The van der Waals surface area contributed by atoms with Crippen LogP contribution >= 0.6 is 0 Å². The number of carbonyl (C=O) groups excluding carboxylic acids is 2. The molecular formula is C30H38N2O4. The van der Waals surface area contributed by atoms with Crippen molar-refractivity contribution in [3.8, 4) is 5.75 Å². The minimum atomic E-state index is -0.647. The van der Waals surface area contributed by atoms with Crippen LogP contribution < -0.4 is 4.74 Å². The summed E-state index contributed by atoms with van der Waals surface area (Å²) in [5.41, 5.74) is 1.76. The predicted octanol–water partition coefficient (Wildman–Crippen LogP) is 5.58. The largest absolute Gasteiger partial charge is 0.503 e. The van der Waals surface area contributed by atoms with E-state index in [4.69, 9.17) is 4.74 Å². The first kappa shape index (κ1) is 27.2. The van der Waals surface area contributed by atoms with Crippen LogP contribution in [0, 0.1) is 0 Å². The molecule has 1 aliphatic heterocycles. The molecule has 2 aromatic rings. The third-order valence-electron chi connectivity index (χ3n) is 6.26. The second-order valence-corrected chi connectivity index (χ2v) is 9.41. The molecule has 36 heavy (non-hydrogen) atoms. The molecular weight excluding hydrogens is 452 g/mol. The highest BCUT2D eigenvalue weighted by atomic mass is 16.5. The van der Waals surface area contributed by atoms with Gasteiger partial charge in [-0.1, -0.05) is 74.7 Å². The summed E-state index contributed by atoms with van der Waals surface area (Å²) >= 11 is 0. The van der Waals surface area contributed by atoms with Gasteiger partial charge in [0.1, 0.15) is 5.75 Å². The maximum atomic E-state index is 13.3. The Morgan fingerprint density at radius 1 is 1.03 bits per heavy atom. The van der Waals surface area contributed by atoms with Crippen molar-refractivity contribution in [2.75, 3.05) is 33.8 Å². The van der Waals surface area contributed by atoms with E-state index in [0.717, 1.165) is 42.7 Å². The molecule has 1 atom stereocenters. The molecule has 2 aromatic carbocycles. The molecule has 192 valence electrons. The molecule has 0 radical (unpaired) electrons. The normalized spacial score (nSPS) is 15.9. The Hall–Kier alpha value is -3.38. The SMILES string of the molecule is CCCCCCOc1ccc(C2C(C(=O)/C=C/c3ccccc3)=C(O)C(=O)N2CCCN(C)C)cc1. The fourth-order valence-electron chi connectivity index (χ4n) is 4.33. The summed E-state index contributed by atoms with van der Waals surface area (Å²) in [6, 6.07) is 16.3. The number of carbonyl (C=O) groups is 2. The number of ether oxygens (including phenoxy) is 1. The second kappa shape index (κ2) is 13.6. The van der Waals surface area contributed by atoms with Crippen LogP contribution in [0.25, 0.3) is 6.08 Å². The lowest BCUT2D eigenvalue weighted by Gasteiger charge is -2.27. The van der Waals surface area contributed by atoms with E-state index < -0.39 is 17.7 Å². The van der Waals surface area contributed by atoms with Crippen LogP contribution in [0.2, 0.25) is 0 Å². The van der Waals surface area contributed by atoms with Crippen molar-refractivity contribution in [2.24, 2.45) is 0 Å². The van der Waals surface area contributed by atoms with Crippen molar-refractivity contribution in [2.45, 2.75) is 45.1 Å². The number of hydrogen-bond acceptors (Lipinski definition) is 5. The van der Waals surface area contributed by atoms with Gasteiger partial charge >= 0.3 is 0 Å². The topological polar surface area (TPSA) is 70.1 Å². The van der Waals surface area contributed by atoms with Gasteiger partial charge in [0.05, 0.1) is 18.2 Å². The Morgan fingerprint density at radius 3 is 2.42 bits per heavy atom. The average Bonchev–Trinajstić information content (AvgIpc) is 3.13. The molecule has 0 bridgehead atoms. The summed E-state index contributed by atoms with van der Waals surface area (Å²) in [5.74, 6) is -0.597. The molecule has 6 heteroatoms. The summed E-state index contributed by atoms with van der Waals surface area (Å²) in [7, 11) is 3.95. The van der Waals surface area contributed by atoms with Gasteiger partial charge in [0.15, 0.2) is 11.5 Å². The van der Waals surface area contributed by atoms with E-state index in [2.05, 4.69) is 6.92 Å². The monoisotopic (exact) mass is 490 g/mol. The van der Waals surface area contributed by atoms with Crippen LogP contribution in [0.15, 0.2) is 72.0 Å². The number of ketones is 1. The van der Waals surface area contributed by atoms with Crippen LogP contribution in [0.4, 0.5) is 0 Å². The van der Waals surface area contributed by atoms with Gasteiger partial charge in [0.2, 0.25) is 0 Å². The first-order chi connectivity index (χ1) is 17.4. The number of benzene rings is 2. The maximum absolute atomic E-state index is 13.3. The number of rotatable bonds is 14. The Morgan fingerprint density at radius 2 is 1.75 bits per heavy atom. The molecule has 0 aliphatic carbocycles. The number of amides is 1. The van der Waals surface area contributed by atoms with Gasteiger partial charge in [-0.05, 0) is 62.8 Å². The van der Waals surface area contributed by atoms with Gasteiger partial charge in [-0.2, -0.15) is 0 Å². The highest BCUT2D eigenvalue weighted by Crippen LogP contribution is 2.38. The summed E-state index contributed by atoms with van der Waals surface area (Å²) in [6.45, 7) is 4.06. The molecule has 0 fully saturated rings. The van der Waals surface area contributed by atoms with Crippen LogP contribution in [-0.2, 0) is 9.59 Å². The average molecular weight is 491 g/mol. The molecule has 1 heterocycles. The van der Waals surface area contributed by atoms with E-state index in [9.17, 15) is 14.7 Å². The van der Waals surface area contributed by atoms with Crippen LogP contribution in [0.3, 0.4) is 0 Å². The van der Waals surface area contributed by atoms with E-state index in [1.807, 2.05) is 73.6 Å². The predicted molar refractivity (Wildman–Crippen MR) is 144 cm³/mol. The summed E-state index contributed by atoms with van der Waals surface area (Å²) < 4.78 is 5.87. The van der Waals surface area contributed by atoms with E-state index >= 15 is 0 Å². The zero-order valence-corrected chi connectivity index (χ0v) is 21.7. The fraction of sp³-hybridized carbons (Fsp3) is 0.400. The molecule has 6 nitrogen and oxygen atoms in total. The Kier molecular flexibility index (Phi) is 10.3. The Balaban J connectivity index is 1.82. The third kappa shape index (κ3) is 7.31. The number of allylic oxidation sites excluding steroid dienone is 1. The molecule has 0 saturated carbocycles. The van der Waals surface area contributed by atoms with Gasteiger partial charge in [-0.3, -0.25) is 9.59 Å². The standard InChI is InChI=1S/C30H38N2O4/c1-4-5-6-10-22-36-25-17-15-24(16-18-25)28-27(26(33)19-14-23-12-8-7-9-13-23)29(34)30(35)32(28)21-11-20-31(2)3/h7-9,12-19,28,34H,4-6,10-11,20-22H2,1-3H3/b19-14+.